The van der Waals surface area contributed by atoms with Crippen LogP contribution in [0.25, 0.3) is 0 Å². The molecule has 2 aromatic carbocycles. The molecule has 0 aliphatic carbocycles. The molecule has 2 aliphatic rings. The van der Waals surface area contributed by atoms with Crippen molar-refractivity contribution in [2.75, 3.05) is 33.0 Å². The molecule has 1 N–H and O–H groups in total. The lowest BCUT2D eigenvalue weighted by molar-refractivity contribution is -0.136. The first-order valence-electron chi connectivity index (χ1n) is 11.0. The van der Waals surface area contributed by atoms with Crippen molar-refractivity contribution in [3.63, 3.8) is 0 Å². The zero-order chi connectivity index (χ0) is 23.5. The van der Waals surface area contributed by atoms with Gasteiger partial charge in [-0.2, -0.15) is 0 Å². The molecule has 0 unspecified atom stereocenters. The summed E-state index contributed by atoms with van der Waals surface area (Å²) in [5.74, 6) is -1.87. The fourth-order valence-electron chi connectivity index (χ4n) is 4.06. The third kappa shape index (κ3) is 5.08. The van der Waals surface area contributed by atoms with Crippen molar-refractivity contribution >= 4 is 11.8 Å². The number of carbonyl (C=O) groups is 2. The molecule has 7 nitrogen and oxygen atoms in total. The van der Waals surface area contributed by atoms with Crippen molar-refractivity contribution in [2.45, 2.75) is 26.4 Å². The van der Waals surface area contributed by atoms with E-state index in [1.165, 1.54) is 6.07 Å². The summed E-state index contributed by atoms with van der Waals surface area (Å²) in [7, 11) is 0. The Morgan fingerprint density at radius 2 is 1.67 bits per heavy atom. The molecule has 1 atom stereocenters. The fourth-order valence-corrected chi connectivity index (χ4v) is 4.06. The summed E-state index contributed by atoms with van der Waals surface area (Å²) >= 11 is 0. The van der Waals surface area contributed by atoms with E-state index in [2.05, 4.69) is 10.2 Å². The van der Waals surface area contributed by atoms with Gasteiger partial charge in [0.15, 0.2) is 11.5 Å². The van der Waals surface area contributed by atoms with Crippen LogP contribution in [-0.2, 0) is 11.3 Å². The van der Waals surface area contributed by atoms with Gasteiger partial charge in [0.1, 0.15) is 23.2 Å². The molecule has 0 spiro atoms. The molecule has 0 aromatic heterocycles. The zero-order valence-electron chi connectivity index (χ0n) is 18.6. The summed E-state index contributed by atoms with van der Waals surface area (Å²) in [6, 6.07) is 8.20. The molecular weight excluding hydrogens is 432 g/mol. The van der Waals surface area contributed by atoms with E-state index in [1.54, 1.807) is 18.7 Å². The minimum atomic E-state index is -0.959. The number of hydrogen-bond acceptors (Lipinski definition) is 5. The summed E-state index contributed by atoms with van der Waals surface area (Å²) in [6.45, 7) is 6.86. The SMILES string of the molecule is CC(C)[C@@H](NC(=O)c1c(F)cccc1F)C(=O)N1CCN(Cc2ccc3c(c2)OCO3)CC1. The highest BCUT2D eigenvalue weighted by Crippen LogP contribution is 2.32. The van der Waals surface area contributed by atoms with Crippen LogP contribution in [0, 0.1) is 17.6 Å². The number of nitrogens with zero attached hydrogens (tertiary/aromatic N) is 2. The first-order chi connectivity index (χ1) is 15.8. The topological polar surface area (TPSA) is 71.1 Å². The number of halogens is 2. The van der Waals surface area contributed by atoms with Gasteiger partial charge in [-0.15, -0.1) is 0 Å². The summed E-state index contributed by atoms with van der Waals surface area (Å²) in [5.41, 5.74) is 0.419. The third-order valence-electron chi connectivity index (χ3n) is 5.94. The Labute approximate surface area is 191 Å². The average molecular weight is 459 g/mol. The van der Waals surface area contributed by atoms with Crippen molar-refractivity contribution in [1.29, 1.82) is 0 Å². The number of ether oxygens (including phenoxy) is 2. The number of amides is 2. The third-order valence-corrected chi connectivity index (χ3v) is 5.94. The van der Waals surface area contributed by atoms with Gasteiger partial charge < -0.3 is 19.7 Å². The molecule has 176 valence electrons. The van der Waals surface area contributed by atoms with Crippen LogP contribution in [0.2, 0.25) is 0 Å². The van der Waals surface area contributed by atoms with Gasteiger partial charge in [0.2, 0.25) is 12.7 Å². The monoisotopic (exact) mass is 459 g/mol. The summed E-state index contributed by atoms with van der Waals surface area (Å²) in [6.07, 6.45) is 0. The van der Waals surface area contributed by atoms with E-state index in [0.29, 0.717) is 26.2 Å². The van der Waals surface area contributed by atoms with Crippen LogP contribution in [0.1, 0.15) is 29.8 Å². The largest absolute Gasteiger partial charge is 0.454 e. The Bertz CT molecular complexity index is 1020. The standard InChI is InChI=1S/C24H27F2N3O4/c1-15(2)22(27-23(30)21-17(25)4-3-5-18(21)26)24(31)29-10-8-28(9-11-29)13-16-6-7-19-20(12-16)33-14-32-19/h3-7,12,15,22H,8-11,13-14H2,1-2H3,(H,27,30)/t22-/m1/s1. The van der Waals surface area contributed by atoms with Gasteiger partial charge in [0.25, 0.3) is 5.91 Å². The summed E-state index contributed by atoms with van der Waals surface area (Å²) in [5, 5.41) is 2.54. The Morgan fingerprint density at radius 3 is 2.33 bits per heavy atom. The molecule has 1 fully saturated rings. The first kappa shape index (κ1) is 23.0. The van der Waals surface area contributed by atoms with E-state index in [9.17, 15) is 18.4 Å². The van der Waals surface area contributed by atoms with Crippen LogP contribution in [0.15, 0.2) is 36.4 Å². The van der Waals surface area contributed by atoms with Crippen LogP contribution in [0.3, 0.4) is 0 Å². The van der Waals surface area contributed by atoms with Crippen LogP contribution in [0.5, 0.6) is 11.5 Å². The van der Waals surface area contributed by atoms with Crippen molar-refractivity contribution in [1.82, 2.24) is 15.1 Å². The lowest BCUT2D eigenvalue weighted by atomic mass is 10.0. The number of carbonyl (C=O) groups excluding carboxylic acids is 2. The minimum Gasteiger partial charge on any atom is -0.454 e. The maximum atomic E-state index is 14.0. The van der Waals surface area contributed by atoms with E-state index >= 15 is 0 Å². The molecule has 4 rings (SSSR count). The first-order valence-corrected chi connectivity index (χ1v) is 11.0. The van der Waals surface area contributed by atoms with E-state index in [-0.39, 0.29) is 18.6 Å². The molecule has 0 radical (unpaired) electrons. The van der Waals surface area contributed by atoms with Gasteiger partial charge in [-0.3, -0.25) is 14.5 Å². The number of hydrogen-bond donors (Lipinski definition) is 1. The molecule has 1 saturated heterocycles. The lowest BCUT2D eigenvalue weighted by Gasteiger charge is -2.37. The Hall–Kier alpha value is -3.20. The van der Waals surface area contributed by atoms with Crippen molar-refractivity contribution < 1.29 is 27.8 Å². The number of nitrogens with one attached hydrogen (secondary N) is 1. The van der Waals surface area contributed by atoms with Crippen LogP contribution in [-0.4, -0.2) is 60.6 Å². The molecule has 2 aromatic rings. The maximum Gasteiger partial charge on any atom is 0.257 e. The number of fused-ring (bicyclic) bond motifs is 1. The molecule has 0 bridgehead atoms. The summed E-state index contributed by atoms with van der Waals surface area (Å²) in [4.78, 5) is 29.6. The molecule has 2 aliphatic heterocycles. The Balaban J connectivity index is 1.35. The maximum absolute atomic E-state index is 14.0. The number of piperazine rings is 1. The van der Waals surface area contributed by atoms with Gasteiger partial charge in [-0.1, -0.05) is 26.0 Å². The lowest BCUT2D eigenvalue weighted by Crippen LogP contribution is -2.56. The number of rotatable bonds is 6. The van der Waals surface area contributed by atoms with E-state index < -0.39 is 29.1 Å². The second-order valence-electron chi connectivity index (χ2n) is 8.58. The van der Waals surface area contributed by atoms with Crippen LogP contribution in [0.4, 0.5) is 8.78 Å². The average Bonchev–Trinajstić information content (AvgIpc) is 3.25. The zero-order valence-corrected chi connectivity index (χ0v) is 18.6. The van der Waals surface area contributed by atoms with Gasteiger partial charge in [0.05, 0.1) is 0 Å². The molecule has 2 amide bonds. The highest BCUT2D eigenvalue weighted by Gasteiger charge is 2.32. The quantitative estimate of drug-likeness (QED) is 0.720. The molecule has 9 heteroatoms. The van der Waals surface area contributed by atoms with E-state index in [4.69, 9.17) is 9.47 Å². The highest BCUT2D eigenvalue weighted by molar-refractivity contribution is 5.98. The van der Waals surface area contributed by atoms with E-state index in [0.717, 1.165) is 35.7 Å². The normalized spacial score (nSPS) is 16.7. The predicted molar refractivity (Wildman–Crippen MR) is 117 cm³/mol. The summed E-state index contributed by atoms with van der Waals surface area (Å²) < 4.78 is 38.7. The second kappa shape index (κ2) is 9.74. The van der Waals surface area contributed by atoms with Crippen LogP contribution >= 0.6 is 0 Å². The molecule has 0 saturated carbocycles. The highest BCUT2D eigenvalue weighted by atomic mass is 19.1. The predicted octanol–water partition coefficient (Wildman–Crippen LogP) is 2.79. The molecule has 2 heterocycles. The van der Waals surface area contributed by atoms with Crippen molar-refractivity contribution in [3.8, 4) is 11.5 Å². The van der Waals surface area contributed by atoms with Gasteiger partial charge in [-0.25, -0.2) is 8.78 Å². The molecular formula is C24H27F2N3O4. The van der Waals surface area contributed by atoms with E-state index in [1.807, 2.05) is 18.2 Å². The Morgan fingerprint density at radius 1 is 1.00 bits per heavy atom. The minimum absolute atomic E-state index is 0.233. The van der Waals surface area contributed by atoms with Crippen molar-refractivity contribution in [2.24, 2.45) is 5.92 Å². The van der Waals surface area contributed by atoms with Gasteiger partial charge >= 0.3 is 0 Å². The number of benzene rings is 2. The van der Waals surface area contributed by atoms with Crippen LogP contribution < -0.4 is 14.8 Å². The van der Waals surface area contributed by atoms with Gasteiger partial charge in [0, 0.05) is 32.7 Å². The van der Waals surface area contributed by atoms with Crippen molar-refractivity contribution in [3.05, 3.63) is 59.2 Å². The fraction of sp³-hybridized carbons (Fsp3) is 0.417. The molecule has 33 heavy (non-hydrogen) atoms. The smallest absolute Gasteiger partial charge is 0.257 e. The second-order valence-corrected chi connectivity index (χ2v) is 8.58. The Kier molecular flexibility index (Phi) is 6.78. The van der Waals surface area contributed by atoms with Gasteiger partial charge in [-0.05, 0) is 35.7 Å².